The molecule has 0 saturated carbocycles. The van der Waals surface area contributed by atoms with Crippen molar-refractivity contribution >= 4 is 22.1 Å². The van der Waals surface area contributed by atoms with Gasteiger partial charge in [0.15, 0.2) is 0 Å². The Morgan fingerprint density at radius 3 is 2.30 bits per heavy atom. The van der Waals surface area contributed by atoms with Crippen molar-refractivity contribution in [3.8, 4) is 0 Å². The molecule has 0 aliphatic carbocycles. The summed E-state index contributed by atoms with van der Waals surface area (Å²) in [6, 6.07) is 6.03. The minimum absolute atomic E-state index is 0.159. The van der Waals surface area contributed by atoms with Crippen molar-refractivity contribution in [3.63, 3.8) is 0 Å². The fourth-order valence-corrected chi connectivity index (χ4v) is 2.90. The van der Waals surface area contributed by atoms with Gasteiger partial charge in [0.05, 0.1) is 4.90 Å². The third-order valence-corrected chi connectivity index (χ3v) is 4.62. The number of rotatable bonds is 6. The zero-order valence-corrected chi connectivity index (χ0v) is 12.6. The Bertz CT molecular complexity index is 601. The fraction of sp³-hybridized carbons (Fsp3) is 0.357. The number of hydrogen-bond donors (Lipinski definition) is 2. The first-order valence-corrected chi connectivity index (χ1v) is 7.70. The molecule has 0 bridgehead atoms. The Morgan fingerprint density at radius 1 is 1.30 bits per heavy atom. The van der Waals surface area contributed by atoms with Gasteiger partial charge in [-0.1, -0.05) is 19.1 Å². The second-order valence-electron chi connectivity index (χ2n) is 5.08. The van der Waals surface area contributed by atoms with E-state index in [1.54, 1.807) is 12.1 Å². The van der Waals surface area contributed by atoms with E-state index < -0.39 is 21.5 Å². The van der Waals surface area contributed by atoms with Crippen LogP contribution in [0, 0.1) is 0 Å². The Morgan fingerprint density at radius 2 is 1.85 bits per heavy atom. The van der Waals surface area contributed by atoms with Gasteiger partial charge >= 0.3 is 5.97 Å². The van der Waals surface area contributed by atoms with E-state index in [4.69, 9.17) is 5.11 Å². The second kappa shape index (κ2) is 6.19. The summed E-state index contributed by atoms with van der Waals surface area (Å²) in [4.78, 5) is 10.6. The van der Waals surface area contributed by atoms with Crippen LogP contribution in [-0.2, 0) is 14.8 Å². The van der Waals surface area contributed by atoms with Gasteiger partial charge in [0.1, 0.15) is 0 Å². The Hall–Kier alpha value is -1.66. The molecule has 0 radical (unpaired) electrons. The van der Waals surface area contributed by atoms with Crippen LogP contribution in [0.3, 0.4) is 0 Å². The van der Waals surface area contributed by atoms with Gasteiger partial charge < -0.3 is 5.11 Å². The van der Waals surface area contributed by atoms with Crippen LogP contribution in [0.1, 0.15) is 32.8 Å². The van der Waals surface area contributed by atoms with Crippen molar-refractivity contribution in [1.82, 2.24) is 4.72 Å². The first-order chi connectivity index (χ1) is 9.16. The number of nitrogens with one attached hydrogen (secondary N) is 1. The van der Waals surface area contributed by atoms with Crippen molar-refractivity contribution in [1.29, 1.82) is 0 Å². The van der Waals surface area contributed by atoms with E-state index in [2.05, 4.69) is 4.72 Å². The molecule has 0 aromatic heterocycles. The average molecular weight is 297 g/mol. The summed E-state index contributed by atoms with van der Waals surface area (Å²) in [6.45, 7) is 5.53. The van der Waals surface area contributed by atoms with Crippen LogP contribution in [0.25, 0.3) is 6.08 Å². The number of sulfonamides is 1. The van der Waals surface area contributed by atoms with Crippen LogP contribution < -0.4 is 4.72 Å². The van der Waals surface area contributed by atoms with E-state index in [-0.39, 0.29) is 4.90 Å². The molecule has 1 rings (SSSR count). The fourth-order valence-electron chi connectivity index (χ4n) is 1.42. The maximum absolute atomic E-state index is 12.2. The van der Waals surface area contributed by atoms with E-state index in [0.717, 1.165) is 6.08 Å². The number of carboxylic acids is 1. The summed E-state index contributed by atoms with van der Waals surface area (Å²) in [5, 5.41) is 8.52. The predicted octanol–water partition coefficient (Wildman–Crippen LogP) is 2.25. The molecule has 5 nitrogen and oxygen atoms in total. The first-order valence-electron chi connectivity index (χ1n) is 6.21. The van der Waals surface area contributed by atoms with Gasteiger partial charge in [-0.2, -0.15) is 0 Å². The zero-order valence-electron chi connectivity index (χ0n) is 11.8. The lowest BCUT2D eigenvalue weighted by Crippen LogP contribution is -2.42. The van der Waals surface area contributed by atoms with Crippen molar-refractivity contribution in [2.24, 2.45) is 0 Å². The number of carbonyl (C=O) groups is 1. The molecule has 0 fully saturated rings. The Kier molecular flexibility index (Phi) is 5.08. The average Bonchev–Trinajstić information content (AvgIpc) is 2.35. The largest absolute Gasteiger partial charge is 0.478 e. The quantitative estimate of drug-likeness (QED) is 0.789. The minimum atomic E-state index is -3.57. The van der Waals surface area contributed by atoms with Crippen molar-refractivity contribution in [2.75, 3.05) is 0 Å². The van der Waals surface area contributed by atoms with Crippen molar-refractivity contribution in [3.05, 3.63) is 35.9 Å². The summed E-state index contributed by atoms with van der Waals surface area (Å²) in [6.07, 6.45) is 3.08. The lowest BCUT2D eigenvalue weighted by Gasteiger charge is -2.24. The van der Waals surface area contributed by atoms with Crippen LogP contribution >= 0.6 is 0 Å². The number of aliphatic carboxylic acids is 1. The summed E-state index contributed by atoms with van der Waals surface area (Å²) in [5.74, 6) is -1.05. The monoisotopic (exact) mass is 297 g/mol. The minimum Gasteiger partial charge on any atom is -0.478 e. The van der Waals surface area contributed by atoms with Crippen molar-refractivity contribution < 1.29 is 18.3 Å². The number of benzene rings is 1. The SMILES string of the molecule is CCC(C)(C)NS(=O)(=O)c1ccc(/C=C/C(=O)O)cc1. The molecule has 0 saturated heterocycles. The van der Waals surface area contributed by atoms with Gasteiger partial charge in [-0.25, -0.2) is 17.9 Å². The highest BCUT2D eigenvalue weighted by atomic mass is 32.2. The topological polar surface area (TPSA) is 83.5 Å². The van der Waals surface area contributed by atoms with E-state index in [1.807, 2.05) is 20.8 Å². The molecule has 0 amide bonds. The highest BCUT2D eigenvalue weighted by molar-refractivity contribution is 7.89. The molecule has 0 heterocycles. The predicted molar refractivity (Wildman–Crippen MR) is 77.8 cm³/mol. The van der Waals surface area contributed by atoms with E-state index >= 15 is 0 Å². The van der Waals surface area contributed by atoms with E-state index in [1.165, 1.54) is 18.2 Å². The molecule has 0 aliphatic rings. The van der Waals surface area contributed by atoms with Gasteiger partial charge in [-0.3, -0.25) is 0 Å². The molecule has 2 N–H and O–H groups in total. The summed E-state index contributed by atoms with van der Waals surface area (Å²) < 4.78 is 27.0. The number of hydrogen-bond acceptors (Lipinski definition) is 3. The van der Waals surface area contributed by atoms with Gasteiger partial charge in [0, 0.05) is 11.6 Å². The molecule has 20 heavy (non-hydrogen) atoms. The molecule has 0 spiro atoms. The third-order valence-electron chi connectivity index (χ3n) is 2.90. The van der Waals surface area contributed by atoms with Crippen LogP contribution in [0.2, 0.25) is 0 Å². The highest BCUT2D eigenvalue weighted by Crippen LogP contribution is 2.16. The molecular weight excluding hydrogens is 278 g/mol. The maximum Gasteiger partial charge on any atom is 0.328 e. The van der Waals surface area contributed by atoms with E-state index in [9.17, 15) is 13.2 Å². The second-order valence-corrected chi connectivity index (χ2v) is 6.77. The summed E-state index contributed by atoms with van der Waals surface area (Å²) >= 11 is 0. The summed E-state index contributed by atoms with van der Waals surface area (Å²) in [7, 11) is -3.57. The van der Waals surface area contributed by atoms with Crippen LogP contribution in [-0.4, -0.2) is 25.0 Å². The van der Waals surface area contributed by atoms with Crippen LogP contribution in [0.5, 0.6) is 0 Å². The van der Waals surface area contributed by atoms with Crippen LogP contribution in [0.15, 0.2) is 35.2 Å². The molecule has 0 unspecified atom stereocenters. The van der Waals surface area contributed by atoms with Gasteiger partial charge in [0.25, 0.3) is 0 Å². The van der Waals surface area contributed by atoms with Gasteiger partial charge in [0.2, 0.25) is 10.0 Å². The first kappa shape index (κ1) is 16.4. The van der Waals surface area contributed by atoms with Gasteiger partial charge in [-0.05, 0) is 44.0 Å². The van der Waals surface area contributed by atoms with Crippen LogP contribution in [0.4, 0.5) is 0 Å². The molecule has 1 aromatic carbocycles. The molecule has 1 aromatic rings. The Balaban J connectivity index is 2.96. The smallest absolute Gasteiger partial charge is 0.328 e. The van der Waals surface area contributed by atoms with Crippen molar-refractivity contribution in [2.45, 2.75) is 37.6 Å². The molecule has 0 aliphatic heterocycles. The third kappa shape index (κ3) is 4.79. The molecular formula is C14H19NO4S. The summed E-state index contributed by atoms with van der Waals surface area (Å²) in [5.41, 5.74) is 0.113. The highest BCUT2D eigenvalue weighted by Gasteiger charge is 2.24. The lowest BCUT2D eigenvalue weighted by atomic mass is 10.0. The zero-order chi connectivity index (χ0) is 15.4. The maximum atomic E-state index is 12.2. The Labute approximate surface area is 119 Å². The molecule has 0 atom stereocenters. The molecule has 110 valence electrons. The standard InChI is InChI=1S/C14H19NO4S/c1-4-14(2,3)15-20(18,19)12-8-5-11(6-9-12)7-10-13(16)17/h5-10,15H,4H2,1-3H3,(H,16,17)/b10-7+. The van der Waals surface area contributed by atoms with Gasteiger partial charge in [-0.15, -0.1) is 0 Å². The normalized spacial score (nSPS) is 12.8. The number of carboxylic acid groups (broad SMARTS) is 1. The lowest BCUT2D eigenvalue weighted by molar-refractivity contribution is -0.131. The molecule has 6 heteroatoms. The van der Waals surface area contributed by atoms with E-state index in [0.29, 0.717) is 12.0 Å².